The van der Waals surface area contributed by atoms with Crippen LogP contribution in [0.15, 0.2) is 23.0 Å². The predicted molar refractivity (Wildman–Crippen MR) is 107 cm³/mol. The van der Waals surface area contributed by atoms with Crippen molar-refractivity contribution in [1.29, 1.82) is 0 Å². The van der Waals surface area contributed by atoms with E-state index in [1.165, 1.54) is 25.7 Å². The Hall–Kier alpha value is -2.41. The molecule has 0 saturated carbocycles. The van der Waals surface area contributed by atoms with Gasteiger partial charge in [-0.1, -0.05) is 39.0 Å². The van der Waals surface area contributed by atoms with E-state index in [1.807, 2.05) is 0 Å². The van der Waals surface area contributed by atoms with E-state index in [9.17, 15) is 9.59 Å². The second-order valence-corrected chi connectivity index (χ2v) is 7.25. The molecule has 0 unspecified atom stereocenters. The summed E-state index contributed by atoms with van der Waals surface area (Å²) >= 11 is 4.97. The molecule has 0 radical (unpaired) electrons. The normalized spacial score (nSPS) is 12.0. The van der Waals surface area contributed by atoms with Crippen LogP contribution >= 0.6 is 12.2 Å². The number of hydrogen-bond acceptors (Lipinski definition) is 4. The van der Waals surface area contributed by atoms with Gasteiger partial charge in [-0.2, -0.15) is 0 Å². The number of carbonyl (C=O) groups excluding carboxylic acids is 1. The summed E-state index contributed by atoms with van der Waals surface area (Å²) in [4.78, 5) is 29.9. The molecule has 144 valence electrons. The van der Waals surface area contributed by atoms with Crippen LogP contribution < -0.4 is 15.6 Å². The average Bonchev–Trinajstić information content (AvgIpc) is 2.65. The number of carbonyl (C=O) groups is 1. The van der Waals surface area contributed by atoms with Gasteiger partial charge in [-0.15, -0.1) is 0 Å². The lowest BCUT2D eigenvalue weighted by Crippen LogP contribution is -2.25. The number of amides is 1. The second-order valence-electron chi connectivity index (χ2n) is 6.84. The van der Waals surface area contributed by atoms with E-state index < -0.39 is 0 Å². The number of hydrogen-bond donors (Lipinski definition) is 3. The van der Waals surface area contributed by atoms with Gasteiger partial charge in [0.2, 0.25) is 5.88 Å². The summed E-state index contributed by atoms with van der Waals surface area (Å²) in [6, 6.07) is 5.29. The number of benzene rings is 1. The van der Waals surface area contributed by atoms with Crippen LogP contribution in [0.2, 0.25) is 0 Å². The molecule has 2 aromatic rings. The third-order valence-corrected chi connectivity index (χ3v) is 4.92. The van der Waals surface area contributed by atoms with Crippen molar-refractivity contribution >= 4 is 18.1 Å². The number of aromatic amines is 2. The quantitative estimate of drug-likeness (QED) is 0.399. The number of unbranched alkanes of at least 4 members (excludes halogenated alkanes) is 5. The first-order valence-corrected chi connectivity index (χ1v) is 9.93. The number of H-pyrrole nitrogens is 2. The molecule has 0 atom stereocenters. The number of nitrogens with one attached hydrogen (secondary N) is 3. The molecule has 0 spiro atoms. The highest BCUT2D eigenvalue weighted by Gasteiger charge is 2.21. The Labute approximate surface area is 163 Å². The average molecular weight is 388 g/mol. The fraction of sp³-hybridized carbons (Fsp3) is 0.450. The first-order chi connectivity index (χ1) is 13.1. The number of fused-ring (bicyclic) bond motifs is 2. The molecule has 6 nitrogen and oxygen atoms in total. The molecule has 0 fully saturated rings. The summed E-state index contributed by atoms with van der Waals surface area (Å²) in [7, 11) is 0. The molecule has 7 heteroatoms. The maximum absolute atomic E-state index is 12.4. The summed E-state index contributed by atoms with van der Waals surface area (Å²) in [6.45, 7) is 2.88. The third-order valence-electron chi connectivity index (χ3n) is 4.72. The lowest BCUT2D eigenvalue weighted by atomic mass is 10.0. The van der Waals surface area contributed by atoms with Crippen molar-refractivity contribution in [3.63, 3.8) is 0 Å². The molecule has 0 bridgehead atoms. The molecular formula is C20H25N3O3S. The van der Waals surface area contributed by atoms with E-state index in [4.69, 9.17) is 17.0 Å². The minimum absolute atomic E-state index is 0.0986. The highest BCUT2D eigenvalue weighted by atomic mass is 32.1. The Balaban J connectivity index is 1.59. The lowest BCUT2D eigenvalue weighted by molar-refractivity contribution is 0.0953. The van der Waals surface area contributed by atoms with Crippen LogP contribution in [0.4, 0.5) is 0 Å². The zero-order valence-corrected chi connectivity index (χ0v) is 16.3. The molecule has 1 aromatic heterocycles. The zero-order chi connectivity index (χ0) is 19.2. The summed E-state index contributed by atoms with van der Waals surface area (Å²) in [5.74, 6) is 0.904. The van der Waals surface area contributed by atoms with Crippen LogP contribution in [0.5, 0.6) is 11.6 Å². The fourth-order valence-corrected chi connectivity index (χ4v) is 3.39. The smallest absolute Gasteiger partial charge is 0.259 e. The zero-order valence-electron chi connectivity index (χ0n) is 15.5. The molecule has 2 heterocycles. The Morgan fingerprint density at radius 2 is 1.96 bits per heavy atom. The Morgan fingerprint density at radius 1 is 1.19 bits per heavy atom. The van der Waals surface area contributed by atoms with Gasteiger partial charge in [0.15, 0.2) is 4.77 Å². The van der Waals surface area contributed by atoms with Crippen LogP contribution in [-0.2, 0) is 6.42 Å². The van der Waals surface area contributed by atoms with Crippen molar-refractivity contribution in [3.05, 3.63) is 50.0 Å². The molecule has 27 heavy (non-hydrogen) atoms. The Kier molecular flexibility index (Phi) is 6.45. The van der Waals surface area contributed by atoms with Crippen LogP contribution in [-0.4, -0.2) is 22.4 Å². The van der Waals surface area contributed by atoms with Crippen LogP contribution in [0, 0.1) is 4.77 Å². The Bertz CT molecular complexity index is 933. The summed E-state index contributed by atoms with van der Waals surface area (Å²) in [5, 5.41) is 2.97. The second kappa shape index (κ2) is 8.99. The number of rotatable bonds is 8. The molecule has 3 rings (SSSR count). The topological polar surface area (TPSA) is 87.0 Å². The largest absolute Gasteiger partial charge is 0.440 e. The van der Waals surface area contributed by atoms with E-state index >= 15 is 0 Å². The predicted octanol–water partition coefficient (Wildman–Crippen LogP) is 4.22. The van der Waals surface area contributed by atoms with E-state index in [0.717, 1.165) is 18.4 Å². The maximum Gasteiger partial charge on any atom is 0.259 e. The van der Waals surface area contributed by atoms with Gasteiger partial charge in [-0.05, 0) is 36.8 Å². The minimum Gasteiger partial charge on any atom is -0.440 e. The van der Waals surface area contributed by atoms with Gasteiger partial charge in [-0.25, -0.2) is 0 Å². The molecule has 1 aromatic carbocycles. The van der Waals surface area contributed by atoms with Gasteiger partial charge in [0.1, 0.15) is 5.75 Å². The molecule has 0 aliphatic carbocycles. The summed E-state index contributed by atoms with van der Waals surface area (Å²) < 4.78 is 5.97. The summed E-state index contributed by atoms with van der Waals surface area (Å²) in [5.41, 5.74) is 1.61. The van der Waals surface area contributed by atoms with Gasteiger partial charge < -0.3 is 15.0 Å². The van der Waals surface area contributed by atoms with E-state index in [-0.39, 0.29) is 16.2 Å². The lowest BCUT2D eigenvalue weighted by Gasteiger charge is -2.19. The molecule has 1 aliphatic heterocycles. The van der Waals surface area contributed by atoms with Gasteiger partial charge in [0, 0.05) is 24.1 Å². The van der Waals surface area contributed by atoms with Crippen molar-refractivity contribution in [1.82, 2.24) is 15.3 Å². The van der Waals surface area contributed by atoms with Crippen molar-refractivity contribution in [2.45, 2.75) is 51.9 Å². The monoisotopic (exact) mass is 387 g/mol. The highest BCUT2D eigenvalue weighted by molar-refractivity contribution is 7.71. The van der Waals surface area contributed by atoms with E-state index in [0.29, 0.717) is 35.7 Å². The van der Waals surface area contributed by atoms with Crippen molar-refractivity contribution < 1.29 is 9.53 Å². The third kappa shape index (κ3) is 4.86. The van der Waals surface area contributed by atoms with Crippen molar-refractivity contribution in [2.75, 3.05) is 6.54 Å². The first-order valence-electron chi connectivity index (χ1n) is 9.53. The van der Waals surface area contributed by atoms with Crippen LogP contribution in [0.25, 0.3) is 0 Å². The maximum atomic E-state index is 12.4. The summed E-state index contributed by atoms with van der Waals surface area (Å²) in [6.07, 6.45) is 7.52. The molecule has 3 N–H and O–H groups in total. The van der Waals surface area contributed by atoms with E-state index in [1.54, 1.807) is 18.2 Å². The molecule has 0 saturated heterocycles. The van der Waals surface area contributed by atoms with Gasteiger partial charge in [0.05, 0.1) is 5.56 Å². The molecule has 1 aliphatic rings. The highest BCUT2D eigenvalue weighted by Crippen LogP contribution is 2.33. The van der Waals surface area contributed by atoms with Gasteiger partial charge in [0.25, 0.3) is 11.5 Å². The molecular weight excluding hydrogens is 362 g/mol. The van der Waals surface area contributed by atoms with Gasteiger partial charge >= 0.3 is 0 Å². The van der Waals surface area contributed by atoms with E-state index in [2.05, 4.69) is 22.2 Å². The van der Waals surface area contributed by atoms with Crippen molar-refractivity contribution in [2.24, 2.45) is 0 Å². The van der Waals surface area contributed by atoms with Crippen molar-refractivity contribution in [3.8, 4) is 11.6 Å². The SMILES string of the molecule is CCCCCCCCNC(=O)c1ccc2c(c1)Cc1c([nH]c(=S)[nH]c1=O)O2. The van der Waals surface area contributed by atoms with Gasteiger partial charge in [-0.3, -0.25) is 14.6 Å². The minimum atomic E-state index is -0.266. The first kappa shape index (κ1) is 19.4. The fourth-order valence-electron chi connectivity index (χ4n) is 3.21. The number of aromatic nitrogens is 2. The van der Waals surface area contributed by atoms with Crippen LogP contribution in [0.3, 0.4) is 0 Å². The standard InChI is InChI=1S/C20H25N3O3S/c1-2-3-4-5-6-7-10-21-17(24)13-8-9-16-14(11-13)12-15-18(25)22-20(27)23-19(15)26-16/h8-9,11H,2-7,10,12H2,1H3,(H,21,24)(H2,22,23,25,27). The van der Waals surface area contributed by atoms with Crippen LogP contribution in [0.1, 0.15) is 66.9 Å². The number of ether oxygens (including phenoxy) is 1. The Morgan fingerprint density at radius 3 is 2.78 bits per heavy atom. The molecule has 1 amide bonds.